The van der Waals surface area contributed by atoms with Crippen molar-refractivity contribution in [2.24, 2.45) is 0 Å². The number of para-hydroxylation sites is 1. The highest BCUT2D eigenvalue weighted by Crippen LogP contribution is 2.23. The van der Waals surface area contributed by atoms with Crippen LogP contribution in [0.15, 0.2) is 66.7 Å². The average molecular weight is 425 g/mol. The van der Waals surface area contributed by atoms with Crippen molar-refractivity contribution in [3.63, 3.8) is 0 Å². The highest BCUT2D eigenvalue weighted by atomic mass is 35.5. The quantitative estimate of drug-likeness (QED) is 0.509. The summed E-state index contributed by atoms with van der Waals surface area (Å²) < 4.78 is 5.00. The molecular weight excluding hydrogens is 404 g/mol. The van der Waals surface area contributed by atoms with Crippen LogP contribution in [0, 0.1) is 0 Å². The van der Waals surface area contributed by atoms with Gasteiger partial charge in [-0.3, -0.25) is 14.4 Å². The number of carbonyl (C=O) groups is 3. The van der Waals surface area contributed by atoms with E-state index in [1.54, 1.807) is 30.3 Å². The van der Waals surface area contributed by atoms with Gasteiger partial charge in [0.15, 0.2) is 6.61 Å². The first-order valence-corrected chi connectivity index (χ1v) is 9.88. The number of esters is 1. The molecule has 2 amide bonds. The molecule has 0 aliphatic carbocycles. The number of benzene rings is 3. The molecule has 0 saturated carbocycles. The number of nitrogens with one attached hydrogen (secondary N) is 2. The molecule has 0 spiro atoms. The number of fused-ring (bicyclic) bond motifs is 1. The van der Waals surface area contributed by atoms with Crippen LogP contribution in [0.4, 0.5) is 11.4 Å². The molecule has 0 aliphatic heterocycles. The van der Waals surface area contributed by atoms with E-state index in [0.717, 1.165) is 10.8 Å². The SMILES string of the molecule is O=C(CCCC(=O)OCC(=O)Nc1cccc2ccccc12)Nc1ccccc1Cl. The molecule has 0 fully saturated rings. The molecule has 3 aromatic rings. The van der Waals surface area contributed by atoms with Crippen molar-refractivity contribution >= 4 is 51.5 Å². The van der Waals surface area contributed by atoms with E-state index < -0.39 is 11.9 Å². The lowest BCUT2D eigenvalue weighted by molar-refractivity contribution is -0.147. The summed E-state index contributed by atoms with van der Waals surface area (Å²) in [5, 5.41) is 7.80. The van der Waals surface area contributed by atoms with Crippen molar-refractivity contribution in [1.82, 2.24) is 0 Å². The van der Waals surface area contributed by atoms with Crippen molar-refractivity contribution in [2.45, 2.75) is 19.3 Å². The maximum atomic E-state index is 12.1. The van der Waals surface area contributed by atoms with E-state index in [1.807, 2.05) is 36.4 Å². The van der Waals surface area contributed by atoms with Crippen LogP contribution in [0.1, 0.15) is 19.3 Å². The second-order valence-corrected chi connectivity index (χ2v) is 7.02. The lowest BCUT2D eigenvalue weighted by Crippen LogP contribution is -2.21. The molecule has 0 unspecified atom stereocenters. The van der Waals surface area contributed by atoms with Crippen LogP contribution >= 0.6 is 11.6 Å². The Kier molecular flexibility index (Phi) is 7.40. The summed E-state index contributed by atoms with van der Waals surface area (Å²) in [6.45, 7) is -0.381. The molecule has 30 heavy (non-hydrogen) atoms. The third kappa shape index (κ3) is 6.06. The van der Waals surface area contributed by atoms with Crippen molar-refractivity contribution in [2.75, 3.05) is 17.2 Å². The van der Waals surface area contributed by atoms with Gasteiger partial charge in [-0.15, -0.1) is 0 Å². The second-order valence-electron chi connectivity index (χ2n) is 6.62. The van der Waals surface area contributed by atoms with Gasteiger partial charge in [-0.25, -0.2) is 0 Å². The fourth-order valence-electron chi connectivity index (χ4n) is 2.91. The van der Waals surface area contributed by atoms with Crippen LogP contribution in [-0.4, -0.2) is 24.4 Å². The number of halogens is 1. The molecule has 0 heterocycles. The van der Waals surface area contributed by atoms with Gasteiger partial charge in [0.1, 0.15) is 0 Å². The minimum absolute atomic E-state index is 0.0392. The van der Waals surface area contributed by atoms with E-state index in [2.05, 4.69) is 10.6 Å². The Bertz CT molecular complexity index is 1060. The van der Waals surface area contributed by atoms with Gasteiger partial charge in [-0.05, 0) is 30.0 Å². The Morgan fingerprint density at radius 2 is 1.43 bits per heavy atom. The average Bonchev–Trinajstić information content (AvgIpc) is 2.74. The summed E-state index contributed by atoms with van der Waals surface area (Å²) in [7, 11) is 0. The largest absolute Gasteiger partial charge is 0.456 e. The van der Waals surface area contributed by atoms with E-state index in [1.165, 1.54) is 0 Å². The van der Waals surface area contributed by atoms with E-state index in [9.17, 15) is 14.4 Å². The Balaban J connectivity index is 1.38. The van der Waals surface area contributed by atoms with Crippen molar-refractivity contribution < 1.29 is 19.1 Å². The molecule has 0 aromatic heterocycles. The molecule has 0 aliphatic rings. The van der Waals surface area contributed by atoms with Crippen LogP contribution in [-0.2, 0) is 19.1 Å². The first-order valence-electron chi connectivity index (χ1n) is 9.50. The third-order valence-electron chi connectivity index (χ3n) is 4.36. The topological polar surface area (TPSA) is 84.5 Å². The van der Waals surface area contributed by atoms with Gasteiger partial charge in [0.05, 0.1) is 10.7 Å². The molecule has 6 nitrogen and oxygen atoms in total. The number of ether oxygens (including phenoxy) is 1. The summed E-state index contributed by atoms with van der Waals surface area (Å²) in [6, 6.07) is 20.2. The maximum Gasteiger partial charge on any atom is 0.306 e. The predicted molar refractivity (Wildman–Crippen MR) is 117 cm³/mol. The third-order valence-corrected chi connectivity index (χ3v) is 4.69. The van der Waals surface area contributed by atoms with E-state index >= 15 is 0 Å². The summed E-state index contributed by atoms with van der Waals surface area (Å²) in [5.74, 6) is -1.20. The molecule has 2 N–H and O–H groups in total. The lowest BCUT2D eigenvalue weighted by Gasteiger charge is -2.09. The Morgan fingerprint density at radius 1 is 0.767 bits per heavy atom. The van der Waals surface area contributed by atoms with Gasteiger partial charge in [-0.2, -0.15) is 0 Å². The highest BCUT2D eigenvalue weighted by molar-refractivity contribution is 6.33. The minimum atomic E-state index is -0.534. The first-order chi connectivity index (χ1) is 14.5. The van der Waals surface area contributed by atoms with E-state index in [4.69, 9.17) is 16.3 Å². The molecular formula is C23H21ClN2O4. The highest BCUT2D eigenvalue weighted by Gasteiger charge is 2.11. The number of hydrogen-bond acceptors (Lipinski definition) is 4. The summed E-state index contributed by atoms with van der Waals surface area (Å²) >= 11 is 5.99. The number of rotatable bonds is 8. The number of anilines is 2. The van der Waals surface area contributed by atoms with Gasteiger partial charge in [0.25, 0.3) is 5.91 Å². The van der Waals surface area contributed by atoms with E-state index in [0.29, 0.717) is 22.8 Å². The van der Waals surface area contributed by atoms with Crippen LogP contribution in [0.5, 0.6) is 0 Å². The molecule has 0 atom stereocenters. The zero-order valence-electron chi connectivity index (χ0n) is 16.2. The van der Waals surface area contributed by atoms with Crippen LogP contribution in [0.25, 0.3) is 10.8 Å². The minimum Gasteiger partial charge on any atom is -0.456 e. The molecule has 0 bridgehead atoms. The first kappa shape index (κ1) is 21.3. The van der Waals surface area contributed by atoms with Gasteiger partial charge < -0.3 is 15.4 Å². The lowest BCUT2D eigenvalue weighted by atomic mass is 10.1. The molecule has 0 radical (unpaired) electrons. The zero-order chi connectivity index (χ0) is 21.3. The van der Waals surface area contributed by atoms with Crippen LogP contribution < -0.4 is 10.6 Å². The summed E-state index contributed by atoms with van der Waals surface area (Å²) in [4.78, 5) is 35.9. The van der Waals surface area contributed by atoms with Crippen molar-refractivity contribution in [3.05, 3.63) is 71.8 Å². The molecule has 0 saturated heterocycles. The second kappa shape index (κ2) is 10.4. The molecule has 3 rings (SSSR count). The summed E-state index contributed by atoms with van der Waals surface area (Å²) in [5.41, 5.74) is 1.18. The van der Waals surface area contributed by atoms with Crippen LogP contribution in [0.2, 0.25) is 5.02 Å². The van der Waals surface area contributed by atoms with Gasteiger partial charge in [0.2, 0.25) is 5.91 Å². The Labute approximate surface area is 179 Å². The van der Waals surface area contributed by atoms with E-state index in [-0.39, 0.29) is 25.4 Å². The standard InChI is InChI=1S/C23H21ClN2O4/c24-18-10-3-4-11-20(18)26-21(27)13-6-14-23(29)30-15-22(28)25-19-12-5-8-16-7-1-2-9-17(16)19/h1-5,7-12H,6,13-15H2,(H,25,28)(H,26,27). The smallest absolute Gasteiger partial charge is 0.306 e. The number of carbonyl (C=O) groups excluding carboxylic acids is 3. The van der Waals surface area contributed by atoms with Gasteiger partial charge >= 0.3 is 5.97 Å². The van der Waals surface area contributed by atoms with Crippen molar-refractivity contribution in [1.29, 1.82) is 0 Å². The predicted octanol–water partition coefficient (Wildman–Crippen LogP) is 4.78. The zero-order valence-corrected chi connectivity index (χ0v) is 16.9. The monoisotopic (exact) mass is 424 g/mol. The molecule has 3 aromatic carbocycles. The maximum absolute atomic E-state index is 12.1. The fourth-order valence-corrected chi connectivity index (χ4v) is 3.09. The van der Waals surface area contributed by atoms with Gasteiger partial charge in [0, 0.05) is 23.9 Å². The Hall–Kier alpha value is -3.38. The summed E-state index contributed by atoms with van der Waals surface area (Å²) in [6.07, 6.45) is 0.486. The Morgan fingerprint density at radius 3 is 2.27 bits per heavy atom. The fraction of sp³-hybridized carbons (Fsp3) is 0.174. The normalized spacial score (nSPS) is 10.4. The number of amides is 2. The van der Waals surface area contributed by atoms with Crippen molar-refractivity contribution in [3.8, 4) is 0 Å². The number of hydrogen-bond donors (Lipinski definition) is 2. The molecule has 7 heteroatoms. The van der Waals surface area contributed by atoms with Crippen LogP contribution in [0.3, 0.4) is 0 Å². The van der Waals surface area contributed by atoms with Gasteiger partial charge in [-0.1, -0.05) is 60.1 Å². The molecule has 154 valence electrons.